The number of alkyl halides is 3. The van der Waals surface area contributed by atoms with Crippen molar-refractivity contribution in [1.82, 2.24) is 10.1 Å². The fraction of sp³-hybridized carbons (Fsp3) is 0.323. The van der Waals surface area contributed by atoms with Gasteiger partial charge in [0.25, 0.3) is 0 Å². The lowest BCUT2D eigenvalue weighted by atomic mass is 9.63. The lowest BCUT2D eigenvalue weighted by molar-refractivity contribution is -0.136. The molecule has 4 aromatic rings. The summed E-state index contributed by atoms with van der Waals surface area (Å²) >= 11 is 6.38. The van der Waals surface area contributed by atoms with Gasteiger partial charge in [0.2, 0.25) is 0 Å². The Morgan fingerprint density at radius 3 is 2.48 bits per heavy atom. The molecule has 1 aliphatic heterocycles. The zero-order chi connectivity index (χ0) is 29.4. The van der Waals surface area contributed by atoms with Crippen LogP contribution < -0.4 is 4.90 Å². The maximum Gasteiger partial charge on any atom is 0.417 e. The Labute approximate surface area is 242 Å². The monoisotopic (exact) mass is 597 g/mol. The molecule has 1 saturated heterocycles. The van der Waals surface area contributed by atoms with E-state index in [1.54, 1.807) is 12.1 Å². The van der Waals surface area contributed by atoms with E-state index in [9.17, 15) is 27.5 Å². The van der Waals surface area contributed by atoms with Crippen LogP contribution >= 0.6 is 11.6 Å². The zero-order valence-corrected chi connectivity index (χ0v) is 22.9. The van der Waals surface area contributed by atoms with Gasteiger partial charge < -0.3 is 14.5 Å². The van der Waals surface area contributed by atoms with E-state index in [1.807, 2.05) is 0 Å². The predicted octanol–water partition coefficient (Wildman–Crippen LogP) is 8.35. The molecule has 0 unspecified atom stereocenters. The number of rotatable bonds is 5. The second-order valence-corrected chi connectivity index (χ2v) is 11.8. The van der Waals surface area contributed by atoms with Crippen molar-refractivity contribution in [1.29, 1.82) is 0 Å². The molecule has 7 rings (SSSR count). The summed E-state index contributed by atoms with van der Waals surface area (Å²) in [5.74, 6) is -0.772. The number of aromatic nitrogens is 2. The maximum absolute atomic E-state index is 13.8. The first-order valence-corrected chi connectivity index (χ1v) is 14.1. The molecule has 2 aliphatic carbocycles. The Bertz CT molecular complexity index is 1790. The number of hydrogen-bond acceptors (Lipinski definition) is 5. The number of piperidine rings is 1. The first-order chi connectivity index (χ1) is 20.0. The number of carboxylic acid groups (broad SMARTS) is 1. The van der Waals surface area contributed by atoms with Crippen molar-refractivity contribution in [2.24, 2.45) is 5.41 Å². The SMILES string of the molecule is O=C(O)c1cc(C(F)(F)F)c2cc(N3CCC4(C=C(c5c(-c6ccc(F)cc6Cl)noc5C5CC5)C4)CC3)ccc2n1. The number of aromatic carboxylic acids is 1. The number of carboxylic acids is 1. The van der Waals surface area contributed by atoms with Crippen LogP contribution in [0.4, 0.5) is 23.2 Å². The highest BCUT2D eigenvalue weighted by molar-refractivity contribution is 6.33. The van der Waals surface area contributed by atoms with Gasteiger partial charge in [-0.05, 0) is 85.6 Å². The number of benzene rings is 2. The van der Waals surface area contributed by atoms with Crippen LogP contribution in [0.25, 0.3) is 27.7 Å². The molecule has 3 heterocycles. The number of pyridine rings is 1. The Kier molecular flexibility index (Phi) is 6.13. The van der Waals surface area contributed by atoms with Gasteiger partial charge >= 0.3 is 12.1 Å². The normalized spacial score (nSPS) is 18.3. The van der Waals surface area contributed by atoms with Gasteiger partial charge in [-0.15, -0.1) is 0 Å². The van der Waals surface area contributed by atoms with Crippen molar-refractivity contribution in [3.8, 4) is 11.3 Å². The summed E-state index contributed by atoms with van der Waals surface area (Å²) < 4.78 is 61.0. The first-order valence-electron chi connectivity index (χ1n) is 13.7. The minimum Gasteiger partial charge on any atom is -0.477 e. The van der Waals surface area contributed by atoms with Crippen LogP contribution in [0, 0.1) is 11.2 Å². The number of fused-ring (bicyclic) bond motifs is 1. The van der Waals surface area contributed by atoms with Crippen molar-refractivity contribution >= 4 is 39.7 Å². The van der Waals surface area contributed by atoms with Crippen molar-refractivity contribution in [3.05, 3.63) is 82.0 Å². The van der Waals surface area contributed by atoms with Crippen molar-refractivity contribution in [2.75, 3.05) is 18.0 Å². The molecule has 42 heavy (non-hydrogen) atoms. The lowest BCUT2D eigenvalue weighted by Gasteiger charge is -2.47. The quantitative estimate of drug-likeness (QED) is 0.233. The van der Waals surface area contributed by atoms with Gasteiger partial charge in [-0.1, -0.05) is 22.8 Å². The van der Waals surface area contributed by atoms with Crippen LogP contribution in [-0.2, 0) is 6.18 Å². The van der Waals surface area contributed by atoms with Gasteiger partial charge in [0.05, 0.1) is 16.1 Å². The molecule has 1 saturated carbocycles. The number of allylic oxidation sites excluding steroid dienone is 2. The molecule has 0 amide bonds. The fourth-order valence-electron chi connectivity index (χ4n) is 6.27. The minimum absolute atomic E-state index is 0.0109. The summed E-state index contributed by atoms with van der Waals surface area (Å²) in [4.78, 5) is 17.3. The fourth-order valence-corrected chi connectivity index (χ4v) is 6.53. The Morgan fingerprint density at radius 1 is 1.10 bits per heavy atom. The minimum atomic E-state index is -4.72. The Morgan fingerprint density at radius 2 is 1.83 bits per heavy atom. The van der Waals surface area contributed by atoms with Crippen molar-refractivity contribution < 1.29 is 32.0 Å². The highest BCUT2D eigenvalue weighted by Gasteiger charge is 2.44. The molecule has 0 radical (unpaired) electrons. The van der Waals surface area contributed by atoms with E-state index in [0.29, 0.717) is 42.0 Å². The molecule has 2 aromatic carbocycles. The summed E-state index contributed by atoms with van der Waals surface area (Å²) in [6, 6.07) is 9.43. The van der Waals surface area contributed by atoms with Crippen LogP contribution in [0.3, 0.4) is 0 Å². The predicted molar refractivity (Wildman–Crippen MR) is 149 cm³/mol. The standard InChI is InChI=1S/C31H24ClF4N3O3/c32-23-11-18(33)3-5-20(23)27-26(28(42-38-27)16-1-2-16)17-14-30(15-17)7-9-39(10-8-30)19-4-6-24-21(12-19)22(31(34,35)36)13-25(37-24)29(40)41/h3-6,11-14,16H,1-2,7-10,15H2,(H,40,41). The Balaban J connectivity index is 1.14. The molecule has 216 valence electrons. The van der Waals surface area contributed by atoms with E-state index in [-0.39, 0.29) is 21.3 Å². The Hall–Kier alpha value is -3.92. The topological polar surface area (TPSA) is 79.5 Å². The molecule has 3 aliphatic rings. The van der Waals surface area contributed by atoms with Crippen LogP contribution in [0.2, 0.25) is 5.02 Å². The largest absolute Gasteiger partial charge is 0.477 e. The second-order valence-electron chi connectivity index (χ2n) is 11.4. The molecule has 1 spiro atoms. The van der Waals surface area contributed by atoms with Gasteiger partial charge in [0.15, 0.2) is 0 Å². The first kappa shape index (κ1) is 26.9. The van der Waals surface area contributed by atoms with E-state index in [1.165, 1.54) is 24.3 Å². The van der Waals surface area contributed by atoms with Crippen LogP contribution in [0.1, 0.15) is 65.4 Å². The van der Waals surface area contributed by atoms with Gasteiger partial charge in [-0.2, -0.15) is 13.2 Å². The van der Waals surface area contributed by atoms with Crippen LogP contribution in [0.15, 0.2) is 53.1 Å². The number of hydrogen-bond donors (Lipinski definition) is 1. The highest BCUT2D eigenvalue weighted by atomic mass is 35.5. The molecule has 0 atom stereocenters. The van der Waals surface area contributed by atoms with Gasteiger partial charge in [0.1, 0.15) is 23.0 Å². The van der Waals surface area contributed by atoms with E-state index < -0.39 is 29.2 Å². The van der Waals surface area contributed by atoms with Crippen LogP contribution in [0.5, 0.6) is 0 Å². The molecule has 6 nitrogen and oxygen atoms in total. The lowest BCUT2D eigenvalue weighted by Crippen LogP contribution is -2.42. The number of nitrogens with zero attached hydrogens (tertiary/aromatic N) is 3. The number of carbonyl (C=O) groups is 1. The highest BCUT2D eigenvalue weighted by Crippen LogP contribution is 2.56. The zero-order valence-electron chi connectivity index (χ0n) is 22.1. The van der Waals surface area contributed by atoms with Gasteiger partial charge in [0, 0.05) is 41.2 Å². The van der Waals surface area contributed by atoms with Crippen molar-refractivity contribution in [2.45, 2.75) is 44.2 Å². The van der Waals surface area contributed by atoms with Crippen LogP contribution in [-0.4, -0.2) is 34.3 Å². The van der Waals surface area contributed by atoms with E-state index in [4.69, 9.17) is 16.1 Å². The molecule has 0 bridgehead atoms. The third-order valence-electron chi connectivity index (χ3n) is 8.64. The molecule has 11 heteroatoms. The number of anilines is 1. The summed E-state index contributed by atoms with van der Waals surface area (Å²) in [6.45, 7) is 1.29. The van der Waals surface area contributed by atoms with E-state index >= 15 is 0 Å². The molecular formula is C31H24ClF4N3O3. The van der Waals surface area contributed by atoms with E-state index in [0.717, 1.165) is 49.0 Å². The summed E-state index contributed by atoms with van der Waals surface area (Å²) in [7, 11) is 0. The molecule has 1 N–H and O–H groups in total. The smallest absolute Gasteiger partial charge is 0.417 e. The molecule has 2 fully saturated rings. The second kappa shape index (κ2) is 9.55. The third-order valence-corrected chi connectivity index (χ3v) is 8.95. The molecular weight excluding hydrogens is 574 g/mol. The number of halogens is 5. The van der Waals surface area contributed by atoms with Gasteiger partial charge in [-0.25, -0.2) is 14.2 Å². The maximum atomic E-state index is 13.8. The average Bonchev–Trinajstić information content (AvgIpc) is 3.69. The third kappa shape index (κ3) is 4.62. The summed E-state index contributed by atoms with van der Waals surface area (Å²) in [6.07, 6.45) is 2.04. The molecule has 2 aromatic heterocycles. The van der Waals surface area contributed by atoms with Crippen molar-refractivity contribution in [3.63, 3.8) is 0 Å². The van der Waals surface area contributed by atoms with E-state index in [2.05, 4.69) is 21.1 Å². The average molecular weight is 598 g/mol. The summed E-state index contributed by atoms with van der Waals surface area (Å²) in [5.41, 5.74) is 2.25. The summed E-state index contributed by atoms with van der Waals surface area (Å²) in [5, 5.41) is 13.7. The van der Waals surface area contributed by atoms with Gasteiger partial charge in [-0.3, -0.25) is 0 Å².